The maximum absolute atomic E-state index is 13.3. The lowest BCUT2D eigenvalue weighted by Crippen LogP contribution is -2.21. The Labute approximate surface area is 150 Å². The largest absolute Gasteiger partial charge is 0.455 e. The Kier molecular flexibility index (Phi) is 5.06. The Hall–Kier alpha value is -3.82. The predicted molar refractivity (Wildman–Crippen MR) is 90.4 cm³/mol. The van der Waals surface area contributed by atoms with E-state index in [0.29, 0.717) is 16.7 Å². The van der Waals surface area contributed by atoms with Gasteiger partial charge in [-0.15, -0.1) is 0 Å². The fourth-order valence-corrected chi connectivity index (χ4v) is 2.33. The second-order valence-electron chi connectivity index (χ2n) is 5.43. The quantitative estimate of drug-likeness (QED) is 0.400. The normalized spacial score (nSPS) is 10.6. The molecule has 0 aliphatic heterocycles. The molecule has 2 aromatic carbocycles. The predicted octanol–water partition coefficient (Wildman–Crippen LogP) is 2.60. The third-order valence-electron chi connectivity index (χ3n) is 3.55. The van der Waals surface area contributed by atoms with Gasteiger partial charge in [0.05, 0.1) is 11.3 Å². The molecule has 0 radical (unpaired) electrons. The Morgan fingerprint density at radius 3 is 2.81 bits per heavy atom. The smallest absolute Gasteiger partial charge is 0.312 e. The molecule has 3 aromatic rings. The molecule has 1 N–H and O–H groups in total. The lowest BCUT2D eigenvalue weighted by atomic mass is 10.2. The fraction of sp³-hybridized carbons (Fsp3) is 0.118. The van der Waals surface area contributed by atoms with Gasteiger partial charge in [-0.1, -0.05) is 17.3 Å². The zero-order valence-electron chi connectivity index (χ0n) is 13.7. The summed E-state index contributed by atoms with van der Waals surface area (Å²) in [6.07, 6.45) is -0.188. The number of nitrogens with one attached hydrogen (secondary N) is 1. The molecule has 0 fully saturated rings. The summed E-state index contributed by atoms with van der Waals surface area (Å²) in [5.41, 5.74) is 0.135. The van der Waals surface area contributed by atoms with Crippen LogP contribution < -0.4 is 5.32 Å². The van der Waals surface area contributed by atoms with Crippen LogP contribution in [0.2, 0.25) is 0 Å². The first-order valence-corrected chi connectivity index (χ1v) is 7.67. The van der Waals surface area contributed by atoms with Crippen LogP contribution in [0.4, 0.5) is 15.8 Å². The van der Waals surface area contributed by atoms with Crippen LogP contribution in [0, 0.1) is 15.9 Å². The van der Waals surface area contributed by atoms with Gasteiger partial charge in [-0.25, -0.2) is 0 Å². The molecule has 1 amide bonds. The molecule has 0 spiro atoms. The van der Waals surface area contributed by atoms with Crippen LogP contribution in [-0.2, 0) is 20.7 Å². The van der Waals surface area contributed by atoms with E-state index in [2.05, 4.69) is 10.5 Å². The van der Waals surface area contributed by atoms with Gasteiger partial charge in [0.1, 0.15) is 5.69 Å². The minimum absolute atomic E-state index is 0.00615. The van der Waals surface area contributed by atoms with Crippen molar-refractivity contribution in [2.45, 2.75) is 6.42 Å². The van der Waals surface area contributed by atoms with Gasteiger partial charge in [-0.2, -0.15) is 4.39 Å². The van der Waals surface area contributed by atoms with E-state index in [1.165, 1.54) is 0 Å². The lowest BCUT2D eigenvalue weighted by molar-refractivity contribution is -0.387. The van der Waals surface area contributed by atoms with Crippen LogP contribution in [0.15, 0.2) is 47.0 Å². The van der Waals surface area contributed by atoms with Crippen molar-refractivity contribution >= 4 is 34.2 Å². The number of carbonyl (C=O) groups excluding carboxylic acids is 2. The first kappa shape index (κ1) is 18.0. The number of hydrogen-bond acceptors (Lipinski definition) is 7. The van der Waals surface area contributed by atoms with Crippen molar-refractivity contribution in [2.75, 3.05) is 11.9 Å². The van der Waals surface area contributed by atoms with E-state index in [1.54, 1.807) is 24.3 Å². The van der Waals surface area contributed by atoms with Crippen LogP contribution in [0.25, 0.3) is 11.0 Å². The van der Waals surface area contributed by atoms with Crippen LogP contribution in [0.1, 0.15) is 5.69 Å². The van der Waals surface area contributed by atoms with Crippen molar-refractivity contribution in [1.82, 2.24) is 5.16 Å². The number of para-hydroxylation sites is 1. The molecule has 0 aliphatic carbocycles. The number of esters is 1. The summed E-state index contributed by atoms with van der Waals surface area (Å²) in [7, 11) is 0. The molecule has 9 nitrogen and oxygen atoms in total. The number of fused-ring (bicyclic) bond motifs is 1. The number of amides is 1. The van der Waals surface area contributed by atoms with E-state index in [9.17, 15) is 24.1 Å². The maximum Gasteiger partial charge on any atom is 0.312 e. The SMILES string of the molecule is O=C(COC(=O)Cc1noc2ccccc12)Nc1ccc(F)c([N+](=O)[O-])c1. The summed E-state index contributed by atoms with van der Waals surface area (Å²) in [6.45, 7) is -0.611. The van der Waals surface area contributed by atoms with Gasteiger partial charge in [0.25, 0.3) is 5.91 Å². The number of nitrogens with zero attached hydrogens (tertiary/aromatic N) is 2. The molecule has 138 valence electrons. The molecular formula is C17H12FN3O6. The van der Waals surface area contributed by atoms with Crippen LogP contribution >= 0.6 is 0 Å². The highest BCUT2D eigenvalue weighted by atomic mass is 19.1. The summed E-state index contributed by atoms with van der Waals surface area (Å²) >= 11 is 0. The number of ether oxygens (including phenoxy) is 1. The summed E-state index contributed by atoms with van der Waals surface area (Å²) in [5.74, 6) is -2.45. The number of nitro benzene ring substituents is 1. The molecule has 3 rings (SSSR count). The topological polar surface area (TPSA) is 125 Å². The summed E-state index contributed by atoms with van der Waals surface area (Å²) in [5, 5.41) is 17.4. The van der Waals surface area contributed by atoms with Crippen molar-refractivity contribution in [1.29, 1.82) is 0 Å². The summed E-state index contributed by atoms with van der Waals surface area (Å²) < 4.78 is 23.2. The molecule has 0 atom stereocenters. The molecule has 1 heterocycles. The van der Waals surface area contributed by atoms with Gasteiger partial charge in [0.15, 0.2) is 12.2 Å². The molecule has 0 bridgehead atoms. The minimum Gasteiger partial charge on any atom is -0.455 e. The molecule has 10 heteroatoms. The van der Waals surface area contributed by atoms with Gasteiger partial charge >= 0.3 is 11.7 Å². The Morgan fingerprint density at radius 1 is 1.26 bits per heavy atom. The van der Waals surface area contributed by atoms with Crippen LogP contribution in [-0.4, -0.2) is 28.6 Å². The summed E-state index contributed by atoms with van der Waals surface area (Å²) in [6, 6.07) is 9.86. The fourth-order valence-electron chi connectivity index (χ4n) is 2.33. The van der Waals surface area contributed by atoms with E-state index < -0.39 is 34.9 Å². The number of benzene rings is 2. The Morgan fingerprint density at radius 2 is 2.04 bits per heavy atom. The highest BCUT2D eigenvalue weighted by Crippen LogP contribution is 2.21. The highest BCUT2D eigenvalue weighted by Gasteiger charge is 2.17. The Balaban J connectivity index is 1.55. The van der Waals surface area contributed by atoms with Crippen molar-refractivity contribution in [2.24, 2.45) is 0 Å². The second kappa shape index (κ2) is 7.60. The second-order valence-corrected chi connectivity index (χ2v) is 5.43. The van der Waals surface area contributed by atoms with E-state index in [0.717, 1.165) is 18.2 Å². The Bertz CT molecular complexity index is 1030. The average Bonchev–Trinajstić information content (AvgIpc) is 3.04. The zero-order chi connectivity index (χ0) is 19.4. The summed E-state index contributed by atoms with van der Waals surface area (Å²) in [4.78, 5) is 33.5. The first-order valence-electron chi connectivity index (χ1n) is 7.67. The highest BCUT2D eigenvalue weighted by molar-refractivity contribution is 5.93. The van der Waals surface area contributed by atoms with Crippen LogP contribution in [0.5, 0.6) is 0 Å². The number of aromatic nitrogens is 1. The first-order chi connectivity index (χ1) is 12.9. The van der Waals surface area contributed by atoms with Crippen molar-refractivity contribution in [3.63, 3.8) is 0 Å². The van der Waals surface area contributed by atoms with Crippen LogP contribution in [0.3, 0.4) is 0 Å². The number of carbonyl (C=O) groups is 2. The molecule has 0 unspecified atom stereocenters. The van der Waals surface area contributed by atoms with E-state index >= 15 is 0 Å². The van der Waals surface area contributed by atoms with Gasteiger partial charge in [-0.3, -0.25) is 19.7 Å². The zero-order valence-corrected chi connectivity index (χ0v) is 13.7. The molecule has 1 aromatic heterocycles. The molecule has 27 heavy (non-hydrogen) atoms. The average molecular weight is 373 g/mol. The molecule has 0 saturated carbocycles. The number of rotatable bonds is 6. The molecule has 0 aliphatic rings. The van der Waals surface area contributed by atoms with Gasteiger partial charge in [0, 0.05) is 17.1 Å². The third kappa shape index (κ3) is 4.24. The van der Waals surface area contributed by atoms with Gasteiger partial charge < -0.3 is 14.6 Å². The van der Waals surface area contributed by atoms with E-state index in [-0.39, 0.29) is 12.1 Å². The number of nitro groups is 1. The van der Waals surface area contributed by atoms with Crippen molar-refractivity contribution in [3.8, 4) is 0 Å². The minimum atomic E-state index is -1.02. The van der Waals surface area contributed by atoms with Crippen molar-refractivity contribution in [3.05, 3.63) is 64.1 Å². The van der Waals surface area contributed by atoms with E-state index in [1.807, 2.05) is 0 Å². The van der Waals surface area contributed by atoms with Crippen molar-refractivity contribution < 1.29 is 28.2 Å². The molecular weight excluding hydrogens is 361 g/mol. The van der Waals surface area contributed by atoms with Gasteiger partial charge in [0.2, 0.25) is 5.82 Å². The third-order valence-corrected chi connectivity index (χ3v) is 3.55. The number of anilines is 1. The maximum atomic E-state index is 13.3. The number of halogens is 1. The number of hydrogen-bond donors (Lipinski definition) is 1. The van der Waals surface area contributed by atoms with E-state index in [4.69, 9.17) is 9.26 Å². The monoisotopic (exact) mass is 373 g/mol. The molecule has 0 saturated heterocycles. The van der Waals surface area contributed by atoms with Gasteiger partial charge in [-0.05, 0) is 24.3 Å². The lowest BCUT2D eigenvalue weighted by Gasteiger charge is -2.06. The standard InChI is InChI=1S/C17H12FN3O6/c18-12-6-5-10(7-14(12)21(24)25)19-16(22)9-26-17(23)8-13-11-3-1-2-4-15(11)27-20-13/h1-7H,8-9H2,(H,19,22).